The van der Waals surface area contributed by atoms with Crippen LogP contribution in [0.2, 0.25) is 0 Å². The number of aromatic nitrogens is 1. The maximum Gasteiger partial charge on any atom is 0.352 e. The van der Waals surface area contributed by atoms with E-state index in [0.717, 1.165) is 16.2 Å². The maximum absolute atomic E-state index is 12.7. The number of hydrogen-bond acceptors (Lipinski definition) is 9. The van der Waals surface area contributed by atoms with Crippen LogP contribution in [-0.4, -0.2) is 68.7 Å². The Morgan fingerprint density at radius 1 is 1.46 bits per heavy atom. The van der Waals surface area contributed by atoms with Crippen molar-refractivity contribution >= 4 is 58.1 Å². The van der Waals surface area contributed by atoms with Crippen LogP contribution in [0.25, 0.3) is 0 Å². The summed E-state index contributed by atoms with van der Waals surface area (Å²) in [7, 11) is 1.25. The number of nitrogens with one attached hydrogen (secondary N) is 2. The first-order valence-electron chi connectivity index (χ1n) is 7.89. The smallest absolute Gasteiger partial charge is 0.352 e. The lowest BCUT2D eigenvalue weighted by atomic mass is 10.0. The summed E-state index contributed by atoms with van der Waals surface area (Å²) in [6, 6.07) is -0.906. The van der Waals surface area contributed by atoms with Gasteiger partial charge in [0, 0.05) is 10.6 Å². The Morgan fingerprint density at radius 2 is 2.21 bits per heavy atom. The van der Waals surface area contributed by atoms with E-state index in [4.69, 9.17) is 4.84 Å². The number of rotatable bonds is 7. The van der Waals surface area contributed by atoms with E-state index in [9.17, 15) is 24.3 Å². The second-order valence-electron chi connectivity index (χ2n) is 5.67. The van der Waals surface area contributed by atoms with Gasteiger partial charge in [-0.1, -0.05) is 5.16 Å². The molecule has 1 fully saturated rings. The zero-order chi connectivity index (χ0) is 20.4. The fraction of sp³-hybridized carbons (Fsp3) is 0.333. The zero-order valence-corrected chi connectivity index (χ0v) is 16.2. The highest BCUT2D eigenvalue weighted by Gasteiger charge is 2.54. The Labute approximate surface area is 166 Å². The molecule has 0 aliphatic carbocycles. The Morgan fingerprint density at radius 3 is 2.86 bits per heavy atom. The molecule has 0 radical (unpaired) electrons. The number of oxime groups is 1. The van der Waals surface area contributed by atoms with Gasteiger partial charge >= 0.3 is 5.97 Å². The molecule has 2 aliphatic heterocycles. The third-order valence-corrected chi connectivity index (χ3v) is 5.98. The van der Waals surface area contributed by atoms with Gasteiger partial charge < -0.3 is 20.6 Å². The number of fused-ring (bicyclic) bond motifs is 1. The number of carboxylic acid groups (broad SMARTS) is 1. The average Bonchev–Trinajstić information content (AvgIpc) is 3.11. The summed E-state index contributed by atoms with van der Waals surface area (Å²) in [6.07, 6.45) is 1.94. The summed E-state index contributed by atoms with van der Waals surface area (Å²) in [6.45, 7) is 1.81. The Bertz CT molecular complexity index is 897. The number of nitrogens with zero attached hydrogens (tertiary/aromatic N) is 3. The van der Waals surface area contributed by atoms with Crippen molar-refractivity contribution in [2.75, 3.05) is 12.4 Å². The van der Waals surface area contributed by atoms with E-state index in [2.05, 4.69) is 20.8 Å². The fourth-order valence-corrected chi connectivity index (χ4v) is 4.72. The van der Waals surface area contributed by atoms with Crippen molar-refractivity contribution < 1.29 is 29.1 Å². The minimum atomic E-state index is -1.20. The molecule has 0 aromatic carbocycles. The standard InChI is InChI=1S/C15H15N5O6S2/c1-6-3-8(14(24)25)20-12(23)10(13(20)28-6)18-11(22)9(19-26-2)7-4-27-15(17-7)16-5-21/h3-6,10,13H,1-2H3,(H,18,22)(H,24,25)(H,16,17,21)/b19-9+/t6?,10?,13-/m1/s1. The topological polar surface area (TPSA) is 150 Å². The second-order valence-corrected chi connectivity index (χ2v) is 8.03. The van der Waals surface area contributed by atoms with Gasteiger partial charge in [0.25, 0.3) is 11.8 Å². The third-order valence-electron chi connectivity index (χ3n) is 3.88. The van der Waals surface area contributed by atoms with Crippen LogP contribution in [-0.2, 0) is 24.0 Å². The Kier molecular flexibility index (Phi) is 5.65. The summed E-state index contributed by atoms with van der Waals surface area (Å²) in [5.74, 6) is -2.43. The third kappa shape index (κ3) is 3.57. The molecule has 3 N–H and O–H groups in total. The van der Waals surface area contributed by atoms with Crippen LogP contribution >= 0.6 is 23.1 Å². The van der Waals surface area contributed by atoms with Gasteiger partial charge in [-0.3, -0.25) is 19.3 Å². The molecule has 0 saturated carbocycles. The maximum atomic E-state index is 12.7. The fourth-order valence-electron chi connectivity index (χ4n) is 2.73. The second kappa shape index (κ2) is 7.98. The highest BCUT2D eigenvalue weighted by Crippen LogP contribution is 2.40. The molecule has 1 saturated heterocycles. The van der Waals surface area contributed by atoms with Gasteiger partial charge in [0.1, 0.15) is 29.9 Å². The van der Waals surface area contributed by atoms with Crippen molar-refractivity contribution in [1.82, 2.24) is 15.2 Å². The molecule has 148 valence electrons. The van der Waals surface area contributed by atoms with Gasteiger partial charge in [-0.2, -0.15) is 0 Å². The lowest BCUT2D eigenvalue weighted by Crippen LogP contribution is -2.71. The Balaban J connectivity index is 1.77. The van der Waals surface area contributed by atoms with Crippen LogP contribution in [0, 0.1) is 0 Å². The first-order chi connectivity index (χ1) is 13.4. The number of anilines is 1. The van der Waals surface area contributed by atoms with Crippen LogP contribution in [0.3, 0.4) is 0 Å². The minimum absolute atomic E-state index is 0.0957. The molecule has 1 aromatic heterocycles. The number of hydrogen-bond donors (Lipinski definition) is 3. The summed E-state index contributed by atoms with van der Waals surface area (Å²) in [5, 5.41) is 19.0. The zero-order valence-electron chi connectivity index (χ0n) is 14.6. The molecule has 3 heterocycles. The van der Waals surface area contributed by atoms with E-state index >= 15 is 0 Å². The van der Waals surface area contributed by atoms with Crippen LogP contribution in [0.4, 0.5) is 5.13 Å². The summed E-state index contributed by atoms with van der Waals surface area (Å²) in [5.41, 5.74) is -0.110. The van der Waals surface area contributed by atoms with Crippen molar-refractivity contribution in [3.63, 3.8) is 0 Å². The predicted octanol–water partition coefficient (Wildman–Crippen LogP) is -0.181. The monoisotopic (exact) mass is 425 g/mol. The first-order valence-corrected chi connectivity index (χ1v) is 9.71. The van der Waals surface area contributed by atoms with Gasteiger partial charge in [0.05, 0.1) is 0 Å². The normalized spacial score (nSPS) is 23.9. The molecular weight excluding hydrogens is 410 g/mol. The number of aliphatic carboxylic acids is 1. The first kappa shape index (κ1) is 19.8. The molecular formula is C15H15N5O6S2. The Hall–Kier alpha value is -2.93. The molecule has 2 unspecified atom stereocenters. The molecule has 1 aromatic rings. The van der Waals surface area contributed by atoms with Crippen LogP contribution < -0.4 is 10.6 Å². The van der Waals surface area contributed by atoms with Crippen molar-refractivity contribution in [3.05, 3.63) is 22.8 Å². The van der Waals surface area contributed by atoms with E-state index in [1.165, 1.54) is 30.3 Å². The molecule has 11 nitrogen and oxygen atoms in total. The molecule has 3 amide bonds. The van der Waals surface area contributed by atoms with Gasteiger partial charge in [-0.25, -0.2) is 9.78 Å². The van der Waals surface area contributed by atoms with Gasteiger partial charge in [0.2, 0.25) is 6.41 Å². The largest absolute Gasteiger partial charge is 0.477 e. The number of thiazole rings is 1. The van der Waals surface area contributed by atoms with E-state index in [-0.39, 0.29) is 27.5 Å². The van der Waals surface area contributed by atoms with Crippen LogP contribution in [0.15, 0.2) is 22.3 Å². The lowest BCUT2D eigenvalue weighted by Gasteiger charge is -2.49. The molecule has 3 rings (SSSR count). The molecule has 2 aliphatic rings. The number of carbonyl (C=O) groups excluding carboxylic acids is 3. The number of carbonyl (C=O) groups is 4. The SMILES string of the molecule is CO/N=C(/C(=O)NC1C(=O)N2C(C(=O)O)=CC(C)S[C@H]12)c1csc(NC=O)n1. The van der Waals surface area contributed by atoms with E-state index in [1.807, 2.05) is 0 Å². The number of thioether (sulfide) groups is 1. The van der Waals surface area contributed by atoms with Crippen molar-refractivity contribution in [2.45, 2.75) is 23.6 Å². The van der Waals surface area contributed by atoms with Gasteiger partial charge in [-0.05, 0) is 13.0 Å². The molecule has 13 heteroatoms. The number of β-lactam (4-membered cyclic amide) rings is 1. The van der Waals surface area contributed by atoms with E-state index in [1.54, 1.807) is 6.92 Å². The van der Waals surface area contributed by atoms with Crippen molar-refractivity contribution in [2.24, 2.45) is 5.16 Å². The molecule has 3 atom stereocenters. The molecule has 0 spiro atoms. The minimum Gasteiger partial charge on any atom is -0.477 e. The lowest BCUT2D eigenvalue weighted by molar-refractivity contribution is -0.150. The van der Waals surface area contributed by atoms with Gasteiger partial charge in [0.15, 0.2) is 10.8 Å². The van der Waals surface area contributed by atoms with E-state index < -0.39 is 29.2 Å². The highest BCUT2D eigenvalue weighted by atomic mass is 32.2. The molecule has 28 heavy (non-hydrogen) atoms. The number of carboxylic acids is 1. The average molecular weight is 425 g/mol. The summed E-state index contributed by atoms with van der Waals surface area (Å²) in [4.78, 5) is 56.9. The van der Waals surface area contributed by atoms with Crippen molar-refractivity contribution in [3.8, 4) is 0 Å². The summed E-state index contributed by atoms with van der Waals surface area (Å²) < 4.78 is 0. The predicted molar refractivity (Wildman–Crippen MR) is 101 cm³/mol. The van der Waals surface area contributed by atoms with Crippen LogP contribution in [0.1, 0.15) is 12.6 Å². The quantitative estimate of drug-likeness (QED) is 0.236. The van der Waals surface area contributed by atoms with E-state index in [0.29, 0.717) is 6.41 Å². The van der Waals surface area contributed by atoms with Gasteiger partial charge in [-0.15, -0.1) is 23.1 Å². The highest BCUT2D eigenvalue weighted by molar-refractivity contribution is 8.00. The summed E-state index contributed by atoms with van der Waals surface area (Å²) >= 11 is 2.44. The van der Waals surface area contributed by atoms with Crippen LogP contribution in [0.5, 0.6) is 0 Å². The number of amides is 3. The molecule has 0 bridgehead atoms. The van der Waals surface area contributed by atoms with Crippen molar-refractivity contribution in [1.29, 1.82) is 0 Å².